The Labute approximate surface area is 174 Å². The van der Waals surface area contributed by atoms with Gasteiger partial charge in [0.1, 0.15) is 23.2 Å². The normalized spacial score (nSPS) is 13.7. The molecule has 9 nitrogen and oxygen atoms in total. The minimum Gasteiger partial charge on any atom is -0.495 e. The summed E-state index contributed by atoms with van der Waals surface area (Å²) < 4.78 is 10.5. The third-order valence-corrected chi connectivity index (χ3v) is 4.58. The Hall–Kier alpha value is -2.78. The Balaban J connectivity index is 1.45. The van der Waals surface area contributed by atoms with Crippen LogP contribution in [0, 0.1) is 6.92 Å². The van der Waals surface area contributed by atoms with E-state index in [9.17, 15) is 4.79 Å². The van der Waals surface area contributed by atoms with Crippen molar-refractivity contribution < 1.29 is 14.3 Å². The van der Waals surface area contributed by atoms with Gasteiger partial charge in [-0.05, 0) is 25.1 Å². The number of carbonyl (C=O) groups is 1. The van der Waals surface area contributed by atoms with Crippen LogP contribution in [-0.4, -0.2) is 62.5 Å². The maximum absolute atomic E-state index is 12.0. The molecule has 0 radical (unpaired) electrons. The minimum atomic E-state index is -0.319. The Morgan fingerprint density at radius 1 is 1.24 bits per heavy atom. The monoisotopic (exact) mass is 420 g/mol. The zero-order valence-corrected chi connectivity index (χ0v) is 17.3. The maximum atomic E-state index is 12.0. The summed E-state index contributed by atoms with van der Waals surface area (Å²) >= 11 is 6.06. The van der Waals surface area contributed by atoms with Crippen LogP contribution in [0.3, 0.4) is 0 Å². The van der Waals surface area contributed by atoms with Crippen LogP contribution in [-0.2, 0) is 4.74 Å². The number of benzene rings is 1. The molecule has 0 unspecified atom stereocenters. The third kappa shape index (κ3) is 6.10. The fraction of sp³-hybridized carbons (Fsp3) is 0.421. The van der Waals surface area contributed by atoms with Crippen molar-refractivity contribution in [3.8, 4) is 5.75 Å². The number of anilines is 3. The van der Waals surface area contributed by atoms with Crippen LogP contribution in [0.1, 0.15) is 5.82 Å². The van der Waals surface area contributed by atoms with E-state index in [0.717, 1.165) is 24.7 Å². The Morgan fingerprint density at radius 3 is 2.76 bits per heavy atom. The quantitative estimate of drug-likeness (QED) is 0.591. The summed E-state index contributed by atoms with van der Waals surface area (Å²) in [6.45, 7) is 5.83. The predicted molar refractivity (Wildman–Crippen MR) is 113 cm³/mol. The van der Waals surface area contributed by atoms with Crippen LogP contribution >= 0.6 is 11.6 Å². The lowest BCUT2D eigenvalue weighted by molar-refractivity contribution is 0.122. The van der Waals surface area contributed by atoms with E-state index in [1.165, 1.54) is 7.11 Å². The second-order valence-corrected chi connectivity index (χ2v) is 6.82. The molecule has 1 fully saturated rings. The summed E-state index contributed by atoms with van der Waals surface area (Å²) in [6.07, 6.45) is 0. The van der Waals surface area contributed by atoms with Crippen LogP contribution in [0.15, 0.2) is 24.3 Å². The lowest BCUT2D eigenvalue weighted by atomic mass is 10.3. The number of amides is 2. The topological polar surface area (TPSA) is 101 Å². The van der Waals surface area contributed by atoms with Crippen molar-refractivity contribution in [1.82, 2.24) is 15.3 Å². The molecule has 3 N–H and O–H groups in total. The van der Waals surface area contributed by atoms with Gasteiger partial charge in [-0.1, -0.05) is 11.6 Å². The summed E-state index contributed by atoms with van der Waals surface area (Å²) in [6, 6.07) is 6.65. The van der Waals surface area contributed by atoms with E-state index in [1.807, 2.05) is 13.0 Å². The molecule has 0 bridgehead atoms. The van der Waals surface area contributed by atoms with E-state index in [4.69, 9.17) is 21.1 Å². The highest BCUT2D eigenvalue weighted by Gasteiger charge is 2.14. The molecule has 2 aromatic rings. The molecule has 29 heavy (non-hydrogen) atoms. The number of aryl methyl sites for hydroxylation is 1. The molecule has 0 saturated carbocycles. The number of ether oxygens (including phenoxy) is 2. The predicted octanol–water partition coefficient (Wildman–Crippen LogP) is 2.52. The minimum absolute atomic E-state index is 0.319. The molecule has 0 aliphatic carbocycles. The lowest BCUT2D eigenvalue weighted by Crippen LogP contribution is -2.37. The van der Waals surface area contributed by atoms with Gasteiger partial charge in [0.05, 0.1) is 25.3 Å². The number of hydrogen-bond donors (Lipinski definition) is 3. The first-order chi connectivity index (χ1) is 14.0. The first-order valence-corrected chi connectivity index (χ1v) is 9.73. The van der Waals surface area contributed by atoms with Crippen LogP contribution in [0.2, 0.25) is 5.02 Å². The highest BCUT2D eigenvalue weighted by atomic mass is 35.5. The van der Waals surface area contributed by atoms with E-state index in [1.54, 1.807) is 18.2 Å². The second-order valence-electron chi connectivity index (χ2n) is 6.42. The van der Waals surface area contributed by atoms with Gasteiger partial charge < -0.3 is 30.3 Å². The van der Waals surface area contributed by atoms with Gasteiger partial charge in [0.2, 0.25) is 0 Å². The Kier molecular flexibility index (Phi) is 7.31. The van der Waals surface area contributed by atoms with E-state index >= 15 is 0 Å². The van der Waals surface area contributed by atoms with E-state index in [-0.39, 0.29) is 6.03 Å². The van der Waals surface area contributed by atoms with Crippen LogP contribution in [0.5, 0.6) is 5.75 Å². The van der Waals surface area contributed by atoms with Crippen LogP contribution in [0.25, 0.3) is 0 Å². The van der Waals surface area contributed by atoms with Gasteiger partial charge in [-0.15, -0.1) is 0 Å². The summed E-state index contributed by atoms with van der Waals surface area (Å²) in [4.78, 5) is 23.1. The van der Waals surface area contributed by atoms with Gasteiger partial charge in [0, 0.05) is 37.9 Å². The summed E-state index contributed by atoms with van der Waals surface area (Å²) in [5.41, 5.74) is 0.586. The molecular formula is C19H25ClN6O3. The van der Waals surface area contributed by atoms with Crippen LogP contribution < -0.4 is 25.6 Å². The van der Waals surface area contributed by atoms with Gasteiger partial charge in [-0.25, -0.2) is 14.8 Å². The molecule has 3 rings (SSSR count). The van der Waals surface area contributed by atoms with Crippen molar-refractivity contribution in [2.45, 2.75) is 6.92 Å². The number of nitrogens with one attached hydrogen (secondary N) is 3. The molecule has 1 aliphatic rings. The van der Waals surface area contributed by atoms with Crippen LogP contribution in [0.4, 0.5) is 22.1 Å². The molecule has 0 atom stereocenters. The fourth-order valence-corrected chi connectivity index (χ4v) is 3.14. The second kappa shape index (κ2) is 10.1. The first kappa shape index (κ1) is 20.9. The van der Waals surface area contributed by atoms with Crippen molar-refractivity contribution in [1.29, 1.82) is 0 Å². The molecule has 2 amide bonds. The molecule has 1 aliphatic heterocycles. The molecule has 10 heteroatoms. The number of rotatable bonds is 7. The van der Waals surface area contributed by atoms with Gasteiger partial charge in [-0.2, -0.15) is 0 Å². The SMILES string of the molecule is COc1ccc(NC(=O)NCCNc2cc(N3CCOCC3)nc(C)n2)cc1Cl. The van der Waals surface area contributed by atoms with Gasteiger partial charge in [0.15, 0.2) is 0 Å². The molecule has 2 heterocycles. The fourth-order valence-electron chi connectivity index (χ4n) is 2.88. The number of nitrogens with zero attached hydrogens (tertiary/aromatic N) is 3. The molecule has 1 aromatic heterocycles. The number of aromatic nitrogens is 2. The number of carbonyl (C=O) groups excluding carboxylic acids is 1. The Bertz CT molecular complexity index is 845. The van der Waals surface area contributed by atoms with Crippen molar-refractivity contribution in [3.05, 3.63) is 35.1 Å². The molecule has 156 valence electrons. The van der Waals surface area contributed by atoms with Crippen molar-refractivity contribution in [2.24, 2.45) is 0 Å². The Morgan fingerprint density at radius 2 is 2.03 bits per heavy atom. The van der Waals surface area contributed by atoms with Crippen molar-refractivity contribution >= 4 is 35.0 Å². The van der Waals surface area contributed by atoms with Gasteiger partial charge in [-0.3, -0.25) is 0 Å². The molecule has 0 spiro atoms. The van der Waals surface area contributed by atoms with E-state index in [2.05, 4.69) is 30.8 Å². The maximum Gasteiger partial charge on any atom is 0.319 e. The van der Waals surface area contributed by atoms with Crippen molar-refractivity contribution in [2.75, 3.05) is 62.0 Å². The van der Waals surface area contributed by atoms with Crippen molar-refractivity contribution in [3.63, 3.8) is 0 Å². The van der Waals surface area contributed by atoms with E-state index in [0.29, 0.717) is 48.6 Å². The molecule has 1 aromatic carbocycles. The molecule has 1 saturated heterocycles. The average molecular weight is 421 g/mol. The number of hydrogen-bond acceptors (Lipinski definition) is 7. The molecular weight excluding hydrogens is 396 g/mol. The van der Waals surface area contributed by atoms with Gasteiger partial charge >= 0.3 is 6.03 Å². The number of morpholine rings is 1. The first-order valence-electron chi connectivity index (χ1n) is 9.36. The number of urea groups is 1. The number of methoxy groups -OCH3 is 1. The third-order valence-electron chi connectivity index (χ3n) is 4.29. The zero-order valence-electron chi connectivity index (χ0n) is 16.5. The zero-order chi connectivity index (χ0) is 20.6. The highest BCUT2D eigenvalue weighted by Crippen LogP contribution is 2.27. The summed E-state index contributed by atoms with van der Waals surface area (Å²) in [7, 11) is 1.54. The average Bonchev–Trinajstić information content (AvgIpc) is 2.72. The standard InChI is InChI=1S/C19H25ClN6O3/c1-13-23-17(12-18(24-13)26-7-9-29-10-8-26)21-5-6-22-19(27)25-14-3-4-16(28-2)15(20)11-14/h3-4,11-12H,5-10H2,1-2H3,(H,21,23,24)(H2,22,25,27). The number of halogens is 1. The lowest BCUT2D eigenvalue weighted by Gasteiger charge is -2.28. The summed E-state index contributed by atoms with van der Waals surface area (Å²) in [5, 5.41) is 9.17. The highest BCUT2D eigenvalue weighted by molar-refractivity contribution is 6.32. The van der Waals surface area contributed by atoms with E-state index < -0.39 is 0 Å². The summed E-state index contributed by atoms with van der Waals surface area (Å²) in [5.74, 6) is 2.85. The van der Waals surface area contributed by atoms with Gasteiger partial charge in [0.25, 0.3) is 0 Å². The largest absolute Gasteiger partial charge is 0.495 e. The smallest absolute Gasteiger partial charge is 0.319 e.